The van der Waals surface area contributed by atoms with Gasteiger partial charge in [-0.1, -0.05) is 12.1 Å². The van der Waals surface area contributed by atoms with Crippen molar-refractivity contribution in [3.63, 3.8) is 0 Å². The first-order valence-electron chi connectivity index (χ1n) is 5.94. The Labute approximate surface area is 110 Å². The fourth-order valence-electron chi connectivity index (χ4n) is 1.78. The molecule has 0 aliphatic rings. The molecule has 6 heteroatoms. The number of hydrogen-bond acceptors (Lipinski definition) is 3. The van der Waals surface area contributed by atoms with Crippen LogP contribution in [0.5, 0.6) is 0 Å². The highest BCUT2D eigenvalue weighted by atomic mass is 19.1. The smallest absolute Gasteiger partial charge is 0.218 e. The summed E-state index contributed by atoms with van der Waals surface area (Å²) in [6.45, 7) is 0.977. The van der Waals surface area contributed by atoms with Crippen molar-refractivity contribution in [3.8, 4) is 11.3 Å². The van der Waals surface area contributed by atoms with Gasteiger partial charge < -0.3 is 11.1 Å². The van der Waals surface area contributed by atoms with Crippen LogP contribution in [-0.2, 0) is 11.3 Å². The molecule has 100 valence electrons. The Balaban J connectivity index is 2.06. The summed E-state index contributed by atoms with van der Waals surface area (Å²) in [5, 5.41) is 9.79. The van der Waals surface area contributed by atoms with Crippen LogP contribution < -0.4 is 11.1 Å². The lowest BCUT2D eigenvalue weighted by Gasteiger charge is -2.05. The standard InChI is InChI=1S/C13H15FN4O/c14-11-4-2-1-3-10(11)13-9(8-17-18-13)7-16-6-5-12(15)19/h1-4,8,16H,5-7H2,(H2,15,19)(H,17,18). The van der Waals surface area contributed by atoms with Gasteiger partial charge in [-0.3, -0.25) is 9.89 Å². The average molecular weight is 262 g/mol. The molecule has 0 saturated carbocycles. The molecule has 0 aliphatic heterocycles. The highest BCUT2D eigenvalue weighted by Crippen LogP contribution is 2.23. The molecular formula is C13H15FN4O. The number of rotatable bonds is 6. The summed E-state index contributed by atoms with van der Waals surface area (Å²) in [7, 11) is 0. The molecule has 0 atom stereocenters. The third kappa shape index (κ3) is 3.38. The number of carbonyl (C=O) groups excluding carboxylic acids is 1. The summed E-state index contributed by atoms with van der Waals surface area (Å²) in [6, 6.07) is 6.50. The van der Waals surface area contributed by atoms with Crippen molar-refractivity contribution in [1.82, 2.24) is 15.5 Å². The number of nitrogens with two attached hydrogens (primary N) is 1. The van der Waals surface area contributed by atoms with Gasteiger partial charge in [-0.25, -0.2) is 4.39 Å². The van der Waals surface area contributed by atoms with E-state index in [4.69, 9.17) is 5.73 Å². The molecule has 0 radical (unpaired) electrons. The van der Waals surface area contributed by atoms with Crippen LogP contribution >= 0.6 is 0 Å². The summed E-state index contributed by atoms with van der Waals surface area (Å²) >= 11 is 0. The molecular weight excluding hydrogens is 247 g/mol. The maximum Gasteiger partial charge on any atom is 0.218 e. The fraction of sp³-hybridized carbons (Fsp3) is 0.231. The van der Waals surface area contributed by atoms with Crippen LogP contribution in [0.3, 0.4) is 0 Å². The van der Waals surface area contributed by atoms with E-state index in [9.17, 15) is 9.18 Å². The highest BCUT2D eigenvalue weighted by molar-refractivity contribution is 5.73. The molecule has 0 bridgehead atoms. The summed E-state index contributed by atoms with van der Waals surface area (Å²) in [6.07, 6.45) is 1.91. The molecule has 0 fully saturated rings. The van der Waals surface area contributed by atoms with Gasteiger partial charge in [0.25, 0.3) is 0 Å². The number of nitrogens with zero attached hydrogens (tertiary/aromatic N) is 1. The highest BCUT2D eigenvalue weighted by Gasteiger charge is 2.11. The molecule has 1 amide bonds. The number of aromatic nitrogens is 2. The molecule has 5 nitrogen and oxygen atoms in total. The van der Waals surface area contributed by atoms with E-state index in [2.05, 4.69) is 15.5 Å². The molecule has 0 saturated heterocycles. The second-order valence-corrected chi connectivity index (χ2v) is 4.14. The fourth-order valence-corrected chi connectivity index (χ4v) is 1.78. The number of H-pyrrole nitrogens is 1. The van der Waals surface area contributed by atoms with Gasteiger partial charge in [-0.15, -0.1) is 0 Å². The molecule has 19 heavy (non-hydrogen) atoms. The average Bonchev–Trinajstić information content (AvgIpc) is 2.83. The van der Waals surface area contributed by atoms with E-state index < -0.39 is 0 Å². The summed E-state index contributed by atoms with van der Waals surface area (Å²) in [5.41, 5.74) is 7.01. The molecule has 0 unspecified atom stereocenters. The zero-order chi connectivity index (χ0) is 13.7. The Kier molecular flexibility index (Phi) is 4.25. The predicted molar refractivity (Wildman–Crippen MR) is 69.5 cm³/mol. The zero-order valence-corrected chi connectivity index (χ0v) is 10.3. The second-order valence-electron chi connectivity index (χ2n) is 4.14. The number of benzene rings is 1. The summed E-state index contributed by atoms with van der Waals surface area (Å²) in [5.74, 6) is -0.654. The van der Waals surface area contributed by atoms with Crippen LogP contribution in [0.25, 0.3) is 11.3 Å². The van der Waals surface area contributed by atoms with Gasteiger partial charge in [0, 0.05) is 30.6 Å². The van der Waals surface area contributed by atoms with Crippen LogP contribution in [0.2, 0.25) is 0 Å². The quantitative estimate of drug-likeness (QED) is 0.683. The first kappa shape index (κ1) is 13.2. The number of carbonyl (C=O) groups is 1. The van der Waals surface area contributed by atoms with Crippen LogP contribution in [0, 0.1) is 5.82 Å². The monoisotopic (exact) mass is 262 g/mol. The normalized spacial score (nSPS) is 10.6. The van der Waals surface area contributed by atoms with Crippen LogP contribution in [0.1, 0.15) is 12.0 Å². The van der Waals surface area contributed by atoms with Crippen molar-refractivity contribution in [2.45, 2.75) is 13.0 Å². The van der Waals surface area contributed by atoms with E-state index in [0.717, 1.165) is 5.56 Å². The Morgan fingerprint density at radius 2 is 2.21 bits per heavy atom. The van der Waals surface area contributed by atoms with Crippen molar-refractivity contribution in [2.75, 3.05) is 6.54 Å². The first-order valence-corrected chi connectivity index (χ1v) is 5.94. The third-order valence-electron chi connectivity index (χ3n) is 2.72. The Morgan fingerprint density at radius 3 is 2.95 bits per heavy atom. The van der Waals surface area contributed by atoms with E-state index in [0.29, 0.717) is 24.3 Å². The predicted octanol–water partition coefficient (Wildman–Crippen LogP) is 1.18. The summed E-state index contributed by atoms with van der Waals surface area (Å²) in [4.78, 5) is 10.6. The number of primary amides is 1. The summed E-state index contributed by atoms with van der Waals surface area (Å²) < 4.78 is 13.7. The first-order chi connectivity index (χ1) is 9.18. The zero-order valence-electron chi connectivity index (χ0n) is 10.3. The number of amides is 1. The van der Waals surface area contributed by atoms with E-state index in [-0.39, 0.29) is 18.1 Å². The minimum atomic E-state index is -0.353. The lowest BCUT2D eigenvalue weighted by Crippen LogP contribution is -2.21. The maximum absolute atomic E-state index is 13.7. The van der Waals surface area contributed by atoms with Crippen molar-refractivity contribution in [3.05, 3.63) is 41.8 Å². The topological polar surface area (TPSA) is 83.8 Å². The van der Waals surface area contributed by atoms with Crippen LogP contribution in [0.4, 0.5) is 4.39 Å². The van der Waals surface area contributed by atoms with Crippen molar-refractivity contribution >= 4 is 5.91 Å². The number of aromatic amines is 1. The Bertz CT molecular complexity index is 567. The molecule has 1 heterocycles. The Hall–Kier alpha value is -2.21. The lowest BCUT2D eigenvalue weighted by molar-refractivity contribution is -0.117. The van der Waals surface area contributed by atoms with Crippen LogP contribution in [-0.4, -0.2) is 22.6 Å². The molecule has 0 aliphatic carbocycles. The van der Waals surface area contributed by atoms with Gasteiger partial charge in [0.1, 0.15) is 5.82 Å². The number of nitrogens with one attached hydrogen (secondary N) is 2. The van der Waals surface area contributed by atoms with E-state index in [1.165, 1.54) is 6.07 Å². The van der Waals surface area contributed by atoms with E-state index >= 15 is 0 Å². The van der Waals surface area contributed by atoms with Crippen molar-refractivity contribution in [2.24, 2.45) is 5.73 Å². The van der Waals surface area contributed by atoms with Crippen molar-refractivity contribution in [1.29, 1.82) is 0 Å². The molecule has 4 N–H and O–H groups in total. The SMILES string of the molecule is NC(=O)CCNCc1cn[nH]c1-c1ccccc1F. The minimum absolute atomic E-state index is 0.271. The minimum Gasteiger partial charge on any atom is -0.370 e. The lowest BCUT2D eigenvalue weighted by atomic mass is 10.1. The number of halogens is 1. The number of hydrogen-bond donors (Lipinski definition) is 3. The molecule has 2 aromatic rings. The molecule has 1 aromatic heterocycles. The molecule has 1 aromatic carbocycles. The maximum atomic E-state index is 13.7. The van der Waals surface area contributed by atoms with E-state index in [1.54, 1.807) is 24.4 Å². The van der Waals surface area contributed by atoms with Gasteiger partial charge in [-0.2, -0.15) is 5.10 Å². The largest absolute Gasteiger partial charge is 0.370 e. The van der Waals surface area contributed by atoms with E-state index in [1.807, 2.05) is 0 Å². The van der Waals surface area contributed by atoms with Crippen LogP contribution in [0.15, 0.2) is 30.5 Å². The molecule has 2 rings (SSSR count). The van der Waals surface area contributed by atoms with Gasteiger partial charge in [0.05, 0.1) is 11.9 Å². The molecule has 0 spiro atoms. The van der Waals surface area contributed by atoms with Gasteiger partial charge in [0.15, 0.2) is 0 Å². The Morgan fingerprint density at radius 1 is 1.42 bits per heavy atom. The van der Waals surface area contributed by atoms with Gasteiger partial charge in [-0.05, 0) is 12.1 Å². The van der Waals surface area contributed by atoms with Crippen molar-refractivity contribution < 1.29 is 9.18 Å². The van der Waals surface area contributed by atoms with Gasteiger partial charge in [0.2, 0.25) is 5.91 Å². The van der Waals surface area contributed by atoms with Gasteiger partial charge >= 0.3 is 0 Å². The third-order valence-corrected chi connectivity index (χ3v) is 2.72. The second kappa shape index (κ2) is 6.10.